The van der Waals surface area contributed by atoms with Crippen LogP contribution in [0.3, 0.4) is 0 Å². The van der Waals surface area contributed by atoms with Crippen LogP contribution in [0.2, 0.25) is 5.02 Å². The first-order chi connectivity index (χ1) is 13.6. The minimum atomic E-state index is -1.34. The Labute approximate surface area is 171 Å². The molecule has 1 aromatic heterocycles. The molecule has 1 amide bonds. The maximum Gasteiger partial charge on any atom is 0.287 e. The minimum Gasteiger partial charge on any atom is -0.495 e. The van der Waals surface area contributed by atoms with Crippen molar-refractivity contribution in [1.82, 2.24) is 5.32 Å². The van der Waals surface area contributed by atoms with Gasteiger partial charge in [0.15, 0.2) is 5.76 Å². The summed E-state index contributed by atoms with van der Waals surface area (Å²) in [4.78, 5) is 12.8. The normalized spacial score (nSPS) is 11.8. The quantitative estimate of drug-likeness (QED) is 0.595. The second kappa shape index (κ2) is 9.57. The van der Waals surface area contributed by atoms with E-state index in [4.69, 9.17) is 20.8 Å². The van der Waals surface area contributed by atoms with Crippen molar-refractivity contribution in [2.75, 3.05) is 13.7 Å². The Bertz CT molecular complexity index is 969. The van der Waals surface area contributed by atoms with E-state index in [1.54, 1.807) is 30.3 Å². The zero-order chi connectivity index (χ0) is 19.9. The fourth-order valence-electron chi connectivity index (χ4n) is 2.65. The van der Waals surface area contributed by atoms with Gasteiger partial charge in [-0.05, 0) is 48.4 Å². The molecule has 0 aliphatic carbocycles. The van der Waals surface area contributed by atoms with Crippen molar-refractivity contribution in [3.8, 4) is 5.75 Å². The molecular formula is C21H20ClNO4S. The fourth-order valence-corrected chi connectivity index (χ4v) is 3.95. The zero-order valence-corrected chi connectivity index (χ0v) is 16.9. The van der Waals surface area contributed by atoms with E-state index in [0.29, 0.717) is 34.4 Å². The Hall–Kier alpha value is -2.57. The molecule has 28 heavy (non-hydrogen) atoms. The Balaban J connectivity index is 1.55. The predicted octanol–water partition coefficient (Wildman–Crippen LogP) is 4.22. The van der Waals surface area contributed by atoms with E-state index in [-0.39, 0.29) is 17.4 Å². The zero-order valence-electron chi connectivity index (χ0n) is 15.3. The Morgan fingerprint density at radius 1 is 1.11 bits per heavy atom. The number of amides is 1. The number of nitrogens with one attached hydrogen (secondary N) is 1. The largest absolute Gasteiger partial charge is 0.495 e. The highest BCUT2D eigenvalue weighted by molar-refractivity contribution is 7.84. The van der Waals surface area contributed by atoms with Gasteiger partial charge in [0.25, 0.3) is 5.91 Å². The molecule has 5 nitrogen and oxygen atoms in total. The Morgan fingerprint density at radius 3 is 2.61 bits per heavy atom. The molecule has 0 fully saturated rings. The molecule has 0 aliphatic heterocycles. The van der Waals surface area contributed by atoms with E-state index < -0.39 is 10.8 Å². The highest BCUT2D eigenvalue weighted by Gasteiger charge is 2.15. The first kappa shape index (κ1) is 20.2. The van der Waals surface area contributed by atoms with E-state index in [1.807, 2.05) is 30.3 Å². The molecule has 7 heteroatoms. The van der Waals surface area contributed by atoms with Crippen LogP contribution in [-0.2, 0) is 23.0 Å². The molecule has 0 aliphatic rings. The van der Waals surface area contributed by atoms with Gasteiger partial charge in [-0.3, -0.25) is 9.00 Å². The van der Waals surface area contributed by atoms with Gasteiger partial charge in [-0.25, -0.2) is 0 Å². The van der Waals surface area contributed by atoms with Crippen LogP contribution in [0.15, 0.2) is 70.0 Å². The van der Waals surface area contributed by atoms with Gasteiger partial charge in [0.1, 0.15) is 11.5 Å². The van der Waals surface area contributed by atoms with Crippen molar-refractivity contribution in [3.05, 3.63) is 82.8 Å². The third-order valence-electron chi connectivity index (χ3n) is 4.09. The molecule has 0 radical (unpaired) electrons. The molecule has 2 aromatic carbocycles. The van der Waals surface area contributed by atoms with Crippen molar-refractivity contribution in [1.29, 1.82) is 0 Å². The third-order valence-corrected chi connectivity index (χ3v) is 5.71. The van der Waals surface area contributed by atoms with Crippen molar-refractivity contribution >= 4 is 28.3 Å². The van der Waals surface area contributed by atoms with Crippen LogP contribution < -0.4 is 10.1 Å². The number of methoxy groups -OCH3 is 1. The SMILES string of the molecule is COc1ccccc1[S@](=O)Cc1ccc(C(=O)NCCc2ccc(Cl)cc2)o1. The van der Waals surface area contributed by atoms with Crippen molar-refractivity contribution in [3.63, 3.8) is 0 Å². The summed E-state index contributed by atoms with van der Waals surface area (Å²) in [6.45, 7) is 0.476. The van der Waals surface area contributed by atoms with Crippen molar-refractivity contribution in [2.24, 2.45) is 0 Å². The van der Waals surface area contributed by atoms with Gasteiger partial charge in [-0.2, -0.15) is 0 Å². The summed E-state index contributed by atoms with van der Waals surface area (Å²) < 4.78 is 23.4. The van der Waals surface area contributed by atoms with Gasteiger partial charge in [0, 0.05) is 11.6 Å². The van der Waals surface area contributed by atoms with Gasteiger partial charge in [0.05, 0.1) is 28.6 Å². The lowest BCUT2D eigenvalue weighted by Gasteiger charge is -2.07. The first-order valence-electron chi connectivity index (χ1n) is 8.69. The summed E-state index contributed by atoms with van der Waals surface area (Å²) in [5.41, 5.74) is 1.08. The van der Waals surface area contributed by atoms with Gasteiger partial charge >= 0.3 is 0 Å². The number of ether oxygens (including phenoxy) is 1. The maximum atomic E-state index is 12.6. The number of para-hydroxylation sites is 1. The third kappa shape index (κ3) is 5.24. The minimum absolute atomic E-state index is 0.165. The van der Waals surface area contributed by atoms with E-state index in [2.05, 4.69) is 5.32 Å². The van der Waals surface area contributed by atoms with Crippen LogP contribution >= 0.6 is 11.6 Å². The number of benzene rings is 2. The van der Waals surface area contributed by atoms with Crippen LogP contribution in [-0.4, -0.2) is 23.8 Å². The highest BCUT2D eigenvalue weighted by Crippen LogP contribution is 2.24. The van der Waals surface area contributed by atoms with Crippen LogP contribution in [0.4, 0.5) is 0 Å². The van der Waals surface area contributed by atoms with E-state index in [1.165, 1.54) is 7.11 Å². The average Bonchev–Trinajstić information content (AvgIpc) is 3.18. The average molecular weight is 418 g/mol. The molecule has 1 N–H and O–H groups in total. The summed E-state index contributed by atoms with van der Waals surface area (Å²) in [5.74, 6) is 1.10. The smallest absolute Gasteiger partial charge is 0.287 e. The summed E-state index contributed by atoms with van der Waals surface area (Å²) in [5, 5.41) is 3.50. The summed E-state index contributed by atoms with van der Waals surface area (Å²) >= 11 is 5.86. The lowest BCUT2D eigenvalue weighted by Crippen LogP contribution is -2.25. The number of halogens is 1. The topological polar surface area (TPSA) is 68.5 Å². The number of hydrogen-bond donors (Lipinski definition) is 1. The molecule has 146 valence electrons. The van der Waals surface area contributed by atoms with E-state index >= 15 is 0 Å². The fraction of sp³-hybridized carbons (Fsp3) is 0.190. The second-order valence-corrected chi connectivity index (χ2v) is 7.90. The van der Waals surface area contributed by atoms with Crippen LogP contribution in [0.5, 0.6) is 5.75 Å². The number of furan rings is 1. The van der Waals surface area contributed by atoms with Crippen LogP contribution in [0.25, 0.3) is 0 Å². The van der Waals surface area contributed by atoms with Gasteiger partial charge in [-0.15, -0.1) is 0 Å². The summed E-state index contributed by atoms with van der Waals surface area (Å²) in [7, 11) is 0.198. The molecular weight excluding hydrogens is 398 g/mol. The number of carbonyl (C=O) groups excluding carboxylic acids is 1. The first-order valence-corrected chi connectivity index (χ1v) is 10.4. The van der Waals surface area contributed by atoms with Gasteiger partial charge in [-0.1, -0.05) is 35.9 Å². The van der Waals surface area contributed by atoms with Gasteiger partial charge < -0.3 is 14.5 Å². The standard InChI is InChI=1S/C21H20ClNO4S/c1-26-18-4-2-3-5-20(18)28(25)14-17-10-11-19(27-17)21(24)23-13-12-15-6-8-16(22)9-7-15/h2-11H,12-14H2,1H3,(H,23,24)/t28-/m1/s1. The Kier molecular flexibility index (Phi) is 6.90. The Morgan fingerprint density at radius 2 is 1.86 bits per heavy atom. The van der Waals surface area contributed by atoms with Crippen molar-refractivity contribution in [2.45, 2.75) is 17.1 Å². The van der Waals surface area contributed by atoms with E-state index in [0.717, 1.165) is 5.56 Å². The number of rotatable bonds is 8. The van der Waals surface area contributed by atoms with Crippen molar-refractivity contribution < 1.29 is 18.2 Å². The predicted molar refractivity (Wildman–Crippen MR) is 109 cm³/mol. The lowest BCUT2D eigenvalue weighted by atomic mass is 10.1. The summed E-state index contributed by atoms with van der Waals surface area (Å²) in [6.07, 6.45) is 0.689. The molecule has 0 unspecified atom stereocenters. The molecule has 3 rings (SSSR count). The molecule has 3 aromatic rings. The molecule has 0 saturated carbocycles. The van der Waals surface area contributed by atoms with Gasteiger partial charge in [0.2, 0.25) is 0 Å². The number of carbonyl (C=O) groups is 1. The molecule has 1 atom stereocenters. The summed E-state index contributed by atoms with van der Waals surface area (Å²) in [6, 6.07) is 17.9. The molecule has 0 bridgehead atoms. The van der Waals surface area contributed by atoms with Crippen LogP contribution in [0.1, 0.15) is 21.9 Å². The number of hydrogen-bond acceptors (Lipinski definition) is 4. The monoisotopic (exact) mass is 417 g/mol. The molecule has 0 spiro atoms. The maximum absolute atomic E-state index is 12.6. The van der Waals surface area contributed by atoms with Crippen LogP contribution in [0, 0.1) is 0 Å². The highest BCUT2D eigenvalue weighted by atomic mass is 35.5. The lowest BCUT2D eigenvalue weighted by molar-refractivity contribution is 0.0925. The van der Waals surface area contributed by atoms with E-state index in [9.17, 15) is 9.00 Å². The molecule has 1 heterocycles. The molecule has 0 saturated heterocycles. The second-order valence-electron chi connectivity index (χ2n) is 6.04.